The summed E-state index contributed by atoms with van der Waals surface area (Å²) in [5, 5.41) is 0. The van der Waals surface area contributed by atoms with Crippen molar-refractivity contribution in [2.45, 2.75) is 232 Å². The topological polar surface area (TPSA) is 78.9 Å². The minimum Gasteiger partial charge on any atom is -0.462 e. The van der Waals surface area contributed by atoms with Crippen LogP contribution in [0.5, 0.6) is 0 Å². The van der Waals surface area contributed by atoms with Gasteiger partial charge in [-0.05, 0) is 116 Å². The third kappa shape index (κ3) is 54.4. The summed E-state index contributed by atoms with van der Waals surface area (Å²) in [4.78, 5) is 38.1. The number of ether oxygens (including phenoxy) is 3. The smallest absolute Gasteiger partial charge is 0.309 e. The number of hydrogen-bond donors (Lipinski definition) is 0. The fourth-order valence-electron chi connectivity index (χ4n) is 7.06. The zero-order valence-corrected chi connectivity index (χ0v) is 44.3. The van der Waals surface area contributed by atoms with Gasteiger partial charge >= 0.3 is 17.9 Å². The predicted molar refractivity (Wildman–Crippen MR) is 297 cm³/mol. The summed E-state index contributed by atoms with van der Waals surface area (Å²) in [5.41, 5.74) is 0. The van der Waals surface area contributed by atoms with Gasteiger partial charge in [0.15, 0.2) is 6.10 Å². The van der Waals surface area contributed by atoms with Crippen LogP contribution in [-0.4, -0.2) is 37.2 Å². The average Bonchev–Trinajstić information content (AvgIpc) is 3.35. The Morgan fingerprint density at radius 3 is 1.01 bits per heavy atom. The number of carbonyl (C=O) groups is 3. The molecule has 0 N–H and O–H groups in total. The molecule has 6 nitrogen and oxygen atoms in total. The Morgan fingerprint density at radius 1 is 0.319 bits per heavy atom. The average molecular weight is 953 g/mol. The quantitative estimate of drug-likeness (QED) is 0.0262. The van der Waals surface area contributed by atoms with E-state index in [-0.39, 0.29) is 31.6 Å². The fourth-order valence-corrected chi connectivity index (χ4v) is 7.06. The lowest BCUT2D eigenvalue weighted by Crippen LogP contribution is -2.30. The maximum absolute atomic E-state index is 12.8. The van der Waals surface area contributed by atoms with Crippen LogP contribution < -0.4 is 0 Å². The lowest BCUT2D eigenvalue weighted by molar-refractivity contribution is -0.166. The van der Waals surface area contributed by atoms with Gasteiger partial charge in [-0.2, -0.15) is 0 Å². The van der Waals surface area contributed by atoms with E-state index in [0.29, 0.717) is 12.8 Å². The highest BCUT2D eigenvalue weighted by Crippen LogP contribution is 2.13. The lowest BCUT2D eigenvalue weighted by atomic mass is 10.1. The molecular weight excluding hydrogens is 853 g/mol. The number of esters is 3. The van der Waals surface area contributed by atoms with E-state index in [1.807, 2.05) is 6.08 Å². The Hall–Kier alpha value is -4.45. The van der Waals surface area contributed by atoms with Gasteiger partial charge in [0.1, 0.15) is 13.2 Å². The van der Waals surface area contributed by atoms with Gasteiger partial charge in [0.05, 0.1) is 6.42 Å². The van der Waals surface area contributed by atoms with Crippen molar-refractivity contribution in [2.75, 3.05) is 13.2 Å². The Bertz CT molecular complexity index is 1510. The van der Waals surface area contributed by atoms with Gasteiger partial charge in [-0.25, -0.2) is 0 Å². The summed E-state index contributed by atoms with van der Waals surface area (Å²) in [6.45, 7) is 6.27. The summed E-state index contributed by atoms with van der Waals surface area (Å²) in [6.07, 6.45) is 78.9. The molecule has 0 aliphatic carbocycles. The van der Waals surface area contributed by atoms with Crippen LogP contribution in [0.25, 0.3) is 0 Å². The van der Waals surface area contributed by atoms with Crippen molar-refractivity contribution in [1.29, 1.82) is 0 Å². The summed E-state index contributed by atoms with van der Waals surface area (Å²) in [6, 6.07) is 0. The number of rotatable bonds is 48. The van der Waals surface area contributed by atoms with Gasteiger partial charge in [-0.3, -0.25) is 14.4 Å². The second kappa shape index (κ2) is 56.1. The predicted octanol–water partition coefficient (Wildman–Crippen LogP) is 18.6. The van der Waals surface area contributed by atoms with Crippen LogP contribution in [0.1, 0.15) is 226 Å². The number of allylic oxidation sites excluding steroid dienone is 21. The van der Waals surface area contributed by atoms with Crippen LogP contribution in [0.4, 0.5) is 0 Å². The first kappa shape index (κ1) is 64.5. The standard InChI is InChI=1S/C63H100O6/c1-4-7-10-13-16-19-22-25-28-30-31-33-35-38-41-44-47-50-53-56-62(65)68-59-60(58-67-61(64)55-52-49-46-43-40-37-34-27-24-21-18-15-12-9-6-3)69-63(66)57-54-51-48-45-42-39-36-32-29-26-23-20-17-14-11-8-5-2/h7,9-10,12,16-21,25-29,31,33-34,40,43,49,52,60H,4-6,8,11,13-15,22-24,30,32,35-39,41-42,44-48,50-51,53-59H2,1-3H3/b10-7-,12-9-,19-16-,20-17-,21-18-,28-25-,29-26-,33-31-,34-27-,43-40-,52-49-. The SMILES string of the molecule is CC/C=C\C/C=C\C/C=C\C/C=C\C/C=C\CC(=O)OCC(COC(=O)CCCCCCCC/C=C\C/C=C\C/C=C\C/C=C\CC)OC(=O)CCCCCCCCC/C=C\C/C=C\CCCCC. The van der Waals surface area contributed by atoms with Crippen molar-refractivity contribution in [3.05, 3.63) is 134 Å². The van der Waals surface area contributed by atoms with E-state index in [9.17, 15) is 14.4 Å². The van der Waals surface area contributed by atoms with Crippen LogP contribution >= 0.6 is 0 Å². The molecule has 0 bridgehead atoms. The first-order chi connectivity index (χ1) is 34.0. The van der Waals surface area contributed by atoms with E-state index in [0.717, 1.165) is 122 Å². The molecule has 388 valence electrons. The molecule has 0 aromatic heterocycles. The molecule has 0 radical (unpaired) electrons. The third-order valence-corrected chi connectivity index (χ3v) is 11.2. The van der Waals surface area contributed by atoms with Crippen LogP contribution in [0.3, 0.4) is 0 Å². The first-order valence-electron chi connectivity index (χ1n) is 27.7. The normalized spacial score (nSPS) is 13.1. The molecule has 0 amide bonds. The fraction of sp³-hybridized carbons (Fsp3) is 0.603. The van der Waals surface area contributed by atoms with Crippen molar-refractivity contribution < 1.29 is 28.6 Å². The highest BCUT2D eigenvalue weighted by molar-refractivity contribution is 5.72. The van der Waals surface area contributed by atoms with Gasteiger partial charge in [-0.15, -0.1) is 0 Å². The van der Waals surface area contributed by atoms with Crippen LogP contribution in [0.15, 0.2) is 134 Å². The van der Waals surface area contributed by atoms with Crippen LogP contribution in [-0.2, 0) is 28.6 Å². The second-order valence-electron chi connectivity index (χ2n) is 17.7. The van der Waals surface area contributed by atoms with Gasteiger partial charge in [0, 0.05) is 12.8 Å². The highest BCUT2D eigenvalue weighted by Gasteiger charge is 2.19. The maximum Gasteiger partial charge on any atom is 0.309 e. The lowest BCUT2D eigenvalue weighted by Gasteiger charge is -2.18. The summed E-state index contributed by atoms with van der Waals surface area (Å²) < 4.78 is 16.7. The molecule has 0 saturated carbocycles. The first-order valence-corrected chi connectivity index (χ1v) is 27.7. The molecule has 6 heteroatoms. The highest BCUT2D eigenvalue weighted by atomic mass is 16.6. The van der Waals surface area contributed by atoms with Crippen molar-refractivity contribution in [3.63, 3.8) is 0 Å². The van der Waals surface area contributed by atoms with Crippen LogP contribution in [0, 0.1) is 0 Å². The Morgan fingerprint density at radius 2 is 0.623 bits per heavy atom. The molecular formula is C63H100O6. The van der Waals surface area contributed by atoms with E-state index < -0.39 is 12.1 Å². The van der Waals surface area contributed by atoms with E-state index in [2.05, 4.69) is 142 Å². The molecule has 69 heavy (non-hydrogen) atoms. The maximum atomic E-state index is 12.8. The largest absolute Gasteiger partial charge is 0.462 e. The van der Waals surface area contributed by atoms with Crippen LogP contribution in [0.2, 0.25) is 0 Å². The van der Waals surface area contributed by atoms with Crippen molar-refractivity contribution >= 4 is 17.9 Å². The van der Waals surface area contributed by atoms with Crippen molar-refractivity contribution in [2.24, 2.45) is 0 Å². The zero-order valence-electron chi connectivity index (χ0n) is 44.3. The Kier molecular flexibility index (Phi) is 52.5. The molecule has 0 saturated heterocycles. The second-order valence-corrected chi connectivity index (χ2v) is 17.7. The molecule has 0 heterocycles. The Balaban J connectivity index is 4.55. The van der Waals surface area contributed by atoms with E-state index in [1.165, 1.54) is 64.2 Å². The monoisotopic (exact) mass is 953 g/mol. The molecule has 0 aliphatic heterocycles. The van der Waals surface area contributed by atoms with Gasteiger partial charge in [-0.1, -0.05) is 225 Å². The molecule has 0 rings (SSSR count). The molecule has 0 aromatic rings. The summed E-state index contributed by atoms with van der Waals surface area (Å²) in [5.74, 6) is -1.08. The summed E-state index contributed by atoms with van der Waals surface area (Å²) >= 11 is 0. The zero-order chi connectivity index (χ0) is 50.0. The van der Waals surface area contributed by atoms with Gasteiger partial charge in [0.2, 0.25) is 0 Å². The molecule has 1 atom stereocenters. The minimum absolute atomic E-state index is 0.117. The minimum atomic E-state index is -0.834. The van der Waals surface area contributed by atoms with E-state index >= 15 is 0 Å². The summed E-state index contributed by atoms with van der Waals surface area (Å²) in [7, 11) is 0. The number of carbonyl (C=O) groups excluding carboxylic acids is 3. The van der Waals surface area contributed by atoms with E-state index in [1.54, 1.807) is 6.08 Å². The van der Waals surface area contributed by atoms with Gasteiger partial charge in [0.25, 0.3) is 0 Å². The molecule has 0 fully saturated rings. The molecule has 0 spiro atoms. The van der Waals surface area contributed by atoms with E-state index in [4.69, 9.17) is 14.2 Å². The van der Waals surface area contributed by atoms with Gasteiger partial charge < -0.3 is 14.2 Å². The third-order valence-electron chi connectivity index (χ3n) is 11.2. The van der Waals surface area contributed by atoms with Crippen molar-refractivity contribution in [3.8, 4) is 0 Å². The number of unbranched alkanes of at least 4 members (excludes halogenated alkanes) is 16. The molecule has 1 unspecified atom stereocenters. The number of hydrogen-bond acceptors (Lipinski definition) is 6. The molecule has 0 aromatic carbocycles. The van der Waals surface area contributed by atoms with Crippen molar-refractivity contribution in [1.82, 2.24) is 0 Å². The molecule has 0 aliphatic rings. The Labute approximate surface area is 424 Å².